The summed E-state index contributed by atoms with van der Waals surface area (Å²) in [6, 6.07) is 14.6. The SMILES string of the molecule is CC1=C(OCCCN2CCCCC2C(N)=O)C(C)CC=C1c1cccc(COc2cc(OCc3cncc(C#N)c3)c(CN3CCCCC3)cc2C)c1C. The monoisotopic (exact) mass is 731 g/mol. The minimum Gasteiger partial charge on any atom is -0.497 e. The first kappa shape index (κ1) is 39.1. The molecule has 3 aromatic rings. The van der Waals surface area contributed by atoms with E-state index in [4.69, 9.17) is 19.9 Å². The Kier molecular flexibility index (Phi) is 13.4. The van der Waals surface area contributed by atoms with Crippen molar-refractivity contribution in [3.8, 4) is 17.6 Å². The average molecular weight is 732 g/mol. The topological polar surface area (TPSA) is 114 Å². The van der Waals surface area contributed by atoms with E-state index in [1.54, 1.807) is 12.4 Å². The highest BCUT2D eigenvalue weighted by atomic mass is 16.5. The number of allylic oxidation sites excluding steroid dienone is 4. The predicted octanol–water partition coefficient (Wildman–Crippen LogP) is 8.16. The number of aryl methyl sites for hydroxylation is 1. The summed E-state index contributed by atoms with van der Waals surface area (Å²) in [5, 5.41) is 9.36. The summed E-state index contributed by atoms with van der Waals surface area (Å²) in [7, 11) is 0. The highest BCUT2D eigenvalue weighted by molar-refractivity contribution is 5.82. The molecule has 54 heavy (non-hydrogen) atoms. The zero-order valence-corrected chi connectivity index (χ0v) is 32.7. The van der Waals surface area contributed by atoms with Gasteiger partial charge >= 0.3 is 0 Å². The predicted molar refractivity (Wildman–Crippen MR) is 213 cm³/mol. The van der Waals surface area contributed by atoms with Crippen molar-refractivity contribution in [3.05, 3.63) is 105 Å². The largest absolute Gasteiger partial charge is 0.497 e. The molecule has 2 fully saturated rings. The van der Waals surface area contributed by atoms with Crippen molar-refractivity contribution in [2.75, 3.05) is 32.8 Å². The van der Waals surface area contributed by atoms with Gasteiger partial charge in [-0.15, -0.1) is 0 Å². The lowest BCUT2D eigenvalue weighted by atomic mass is 9.84. The third-order valence-corrected chi connectivity index (χ3v) is 11.3. The molecule has 2 aromatic carbocycles. The van der Waals surface area contributed by atoms with Crippen LogP contribution in [0.4, 0.5) is 0 Å². The summed E-state index contributed by atoms with van der Waals surface area (Å²) in [4.78, 5) is 20.9. The molecule has 9 nitrogen and oxygen atoms in total. The van der Waals surface area contributed by atoms with Gasteiger partial charge in [0, 0.05) is 48.6 Å². The van der Waals surface area contributed by atoms with Crippen LogP contribution in [0.15, 0.2) is 66.2 Å². The van der Waals surface area contributed by atoms with Crippen molar-refractivity contribution in [2.45, 2.75) is 105 Å². The summed E-state index contributed by atoms with van der Waals surface area (Å²) in [5.74, 6) is 2.74. The minimum atomic E-state index is -0.212. The molecular formula is C45H57N5O4. The quantitative estimate of drug-likeness (QED) is 0.156. The number of benzene rings is 2. The number of ether oxygens (including phenoxy) is 3. The summed E-state index contributed by atoms with van der Waals surface area (Å²) in [5.41, 5.74) is 15.2. The van der Waals surface area contributed by atoms with Gasteiger partial charge in [0.15, 0.2) is 0 Å². The van der Waals surface area contributed by atoms with Gasteiger partial charge in [-0.1, -0.05) is 44.0 Å². The molecule has 286 valence electrons. The second-order valence-electron chi connectivity index (χ2n) is 15.3. The number of piperidine rings is 2. The molecule has 1 amide bonds. The van der Waals surface area contributed by atoms with Crippen LogP contribution in [0.1, 0.15) is 104 Å². The van der Waals surface area contributed by atoms with Crippen LogP contribution in [0.25, 0.3) is 5.57 Å². The van der Waals surface area contributed by atoms with Crippen molar-refractivity contribution in [1.29, 1.82) is 5.26 Å². The summed E-state index contributed by atoms with van der Waals surface area (Å²) >= 11 is 0. The third-order valence-electron chi connectivity index (χ3n) is 11.3. The number of pyridine rings is 1. The summed E-state index contributed by atoms with van der Waals surface area (Å²) in [6.45, 7) is 14.8. The van der Waals surface area contributed by atoms with Crippen LogP contribution in [0.3, 0.4) is 0 Å². The highest BCUT2D eigenvalue weighted by Gasteiger charge is 2.27. The van der Waals surface area contributed by atoms with Gasteiger partial charge in [0.2, 0.25) is 5.91 Å². The van der Waals surface area contributed by atoms with E-state index in [2.05, 4.69) is 78.9 Å². The molecule has 2 saturated heterocycles. The van der Waals surface area contributed by atoms with Gasteiger partial charge in [-0.3, -0.25) is 19.6 Å². The first-order valence-corrected chi connectivity index (χ1v) is 19.8. The number of nitrogens with zero attached hydrogens (tertiary/aromatic N) is 4. The number of hydrogen-bond acceptors (Lipinski definition) is 8. The first-order chi connectivity index (χ1) is 26.2. The molecule has 3 aliphatic rings. The Bertz CT molecular complexity index is 1890. The maximum Gasteiger partial charge on any atom is 0.234 e. The van der Waals surface area contributed by atoms with Gasteiger partial charge in [0.05, 0.1) is 18.2 Å². The Labute approximate surface area is 321 Å². The van der Waals surface area contributed by atoms with Crippen molar-refractivity contribution in [1.82, 2.24) is 14.8 Å². The van der Waals surface area contributed by atoms with Crippen LogP contribution < -0.4 is 15.2 Å². The second-order valence-corrected chi connectivity index (χ2v) is 15.3. The van der Waals surface area contributed by atoms with Crippen molar-refractivity contribution in [3.63, 3.8) is 0 Å². The van der Waals surface area contributed by atoms with Crippen molar-refractivity contribution in [2.24, 2.45) is 11.7 Å². The van der Waals surface area contributed by atoms with E-state index in [9.17, 15) is 10.1 Å². The Morgan fingerprint density at radius 1 is 0.944 bits per heavy atom. The molecule has 2 N–H and O–H groups in total. The third kappa shape index (κ3) is 9.71. The van der Waals surface area contributed by atoms with Gasteiger partial charge in [-0.2, -0.15) is 5.26 Å². The van der Waals surface area contributed by atoms with E-state index in [1.807, 2.05) is 12.1 Å². The van der Waals surface area contributed by atoms with Gasteiger partial charge in [0.25, 0.3) is 0 Å². The van der Waals surface area contributed by atoms with Crippen molar-refractivity contribution >= 4 is 11.5 Å². The minimum absolute atomic E-state index is 0.151. The Balaban J connectivity index is 1.15. The van der Waals surface area contributed by atoms with E-state index in [-0.39, 0.29) is 11.9 Å². The molecular weight excluding hydrogens is 675 g/mol. The molecule has 2 unspecified atom stereocenters. The fourth-order valence-electron chi connectivity index (χ4n) is 8.23. The van der Waals surface area contributed by atoms with Crippen LogP contribution in [-0.4, -0.2) is 59.5 Å². The molecule has 0 saturated carbocycles. The smallest absolute Gasteiger partial charge is 0.234 e. The molecule has 1 aliphatic carbocycles. The normalized spacial score (nSPS) is 19.6. The van der Waals surface area contributed by atoms with Gasteiger partial charge < -0.3 is 19.9 Å². The Morgan fingerprint density at radius 3 is 2.54 bits per heavy atom. The van der Waals surface area contributed by atoms with E-state index in [0.717, 1.165) is 104 Å². The standard InChI is InChI=1S/C45H57N5O4/c1-31-15-16-40(34(4)44(31)52-21-11-20-50-19-9-6-14-41(50)45(47)51)39-13-10-12-37(33(39)3)30-54-42-24-43(53-29-36-23-35(25-46)26-48-27-36)38(22-32(42)2)28-49-17-7-5-8-18-49/h10,12-13,16,22-24,26-27,31,41H,5-9,11,14-15,17-21,28-30H2,1-4H3,(H2,47,51). The molecule has 1 aromatic heterocycles. The molecule has 2 aliphatic heterocycles. The summed E-state index contributed by atoms with van der Waals surface area (Å²) in [6.07, 6.45) is 14.2. The van der Waals surface area contributed by atoms with Gasteiger partial charge in [-0.25, -0.2) is 0 Å². The number of carbonyl (C=O) groups excluding carboxylic acids is 1. The molecule has 6 rings (SSSR count). The number of hydrogen-bond donors (Lipinski definition) is 1. The molecule has 0 spiro atoms. The Hall–Kier alpha value is -4.65. The summed E-state index contributed by atoms with van der Waals surface area (Å²) < 4.78 is 19.5. The maximum absolute atomic E-state index is 12.0. The average Bonchev–Trinajstić information content (AvgIpc) is 3.18. The number of primary amides is 1. The number of amides is 1. The highest BCUT2D eigenvalue weighted by Crippen LogP contribution is 2.38. The number of aromatic nitrogens is 1. The number of carbonyl (C=O) groups is 1. The Morgan fingerprint density at radius 2 is 1.74 bits per heavy atom. The molecule has 3 heterocycles. The lowest BCUT2D eigenvalue weighted by Crippen LogP contribution is -2.48. The van der Waals surface area contributed by atoms with Crippen LogP contribution in [0, 0.1) is 31.1 Å². The first-order valence-electron chi connectivity index (χ1n) is 19.8. The fourth-order valence-corrected chi connectivity index (χ4v) is 8.23. The second kappa shape index (κ2) is 18.6. The van der Waals surface area contributed by atoms with Gasteiger partial charge in [-0.05, 0) is 124 Å². The van der Waals surface area contributed by atoms with Crippen LogP contribution >= 0.6 is 0 Å². The van der Waals surface area contributed by atoms with E-state index < -0.39 is 0 Å². The lowest BCUT2D eigenvalue weighted by molar-refractivity contribution is -0.124. The van der Waals surface area contributed by atoms with E-state index >= 15 is 0 Å². The molecule has 2 atom stereocenters. The van der Waals surface area contributed by atoms with Gasteiger partial charge in [0.1, 0.15) is 36.5 Å². The lowest BCUT2D eigenvalue weighted by Gasteiger charge is -2.33. The van der Waals surface area contributed by atoms with E-state index in [1.165, 1.54) is 41.5 Å². The van der Waals surface area contributed by atoms with Crippen LogP contribution in [-0.2, 0) is 29.3 Å². The number of nitrogens with two attached hydrogens (primary N) is 1. The molecule has 0 bridgehead atoms. The molecule has 9 heteroatoms. The van der Waals surface area contributed by atoms with Crippen molar-refractivity contribution < 1.29 is 19.0 Å². The molecule has 0 radical (unpaired) electrons. The zero-order chi connectivity index (χ0) is 38.0. The fraction of sp³-hybridized carbons (Fsp3) is 0.489. The number of likely N-dealkylation sites (tertiary alicyclic amines) is 2. The maximum atomic E-state index is 12.0. The number of rotatable bonds is 15. The number of nitriles is 1. The van der Waals surface area contributed by atoms with E-state index in [0.29, 0.717) is 31.3 Å². The van der Waals surface area contributed by atoms with Crippen LogP contribution in [0.5, 0.6) is 11.5 Å². The van der Waals surface area contributed by atoms with Crippen LogP contribution in [0.2, 0.25) is 0 Å². The zero-order valence-electron chi connectivity index (χ0n) is 32.7.